The van der Waals surface area contributed by atoms with E-state index in [9.17, 15) is 8.42 Å². The lowest BCUT2D eigenvalue weighted by molar-refractivity contribution is 0.599. The molecule has 80 valence electrons. The molecule has 0 aromatic carbocycles. The second kappa shape index (κ2) is 4.00. The van der Waals surface area contributed by atoms with Gasteiger partial charge in [0, 0.05) is 13.1 Å². The highest BCUT2D eigenvalue weighted by Gasteiger charge is 2.11. The zero-order chi connectivity index (χ0) is 10.8. The lowest BCUT2D eigenvalue weighted by atomic mass is 10.5. The Kier molecular flexibility index (Phi) is 3.15. The van der Waals surface area contributed by atoms with Crippen molar-refractivity contribution < 1.29 is 8.42 Å². The molecule has 0 bridgehead atoms. The number of sulfonamides is 1. The summed E-state index contributed by atoms with van der Waals surface area (Å²) in [7, 11) is -1.50. The van der Waals surface area contributed by atoms with Gasteiger partial charge in [-0.25, -0.2) is 8.42 Å². The number of nitrogens with one attached hydrogen (secondary N) is 1. The van der Waals surface area contributed by atoms with Crippen LogP contribution in [-0.2, 0) is 17.1 Å². The number of hydrogen-bond donors (Lipinski definition) is 1. The van der Waals surface area contributed by atoms with E-state index in [1.807, 2.05) is 13.8 Å². The van der Waals surface area contributed by atoms with Gasteiger partial charge in [0.05, 0.1) is 11.4 Å². The second-order valence-electron chi connectivity index (χ2n) is 3.22. The van der Waals surface area contributed by atoms with Crippen molar-refractivity contribution in [1.29, 1.82) is 0 Å². The molecule has 6 heteroatoms. The first-order valence-electron chi connectivity index (χ1n) is 4.46. The van der Waals surface area contributed by atoms with Gasteiger partial charge in [-0.15, -0.1) is 0 Å². The third-order valence-electron chi connectivity index (χ3n) is 1.73. The van der Waals surface area contributed by atoms with Crippen molar-refractivity contribution in [2.45, 2.75) is 20.3 Å². The van der Waals surface area contributed by atoms with Gasteiger partial charge in [0.25, 0.3) is 0 Å². The number of aryl methyl sites for hydroxylation is 2. The lowest BCUT2D eigenvalue weighted by Crippen LogP contribution is -2.18. The molecule has 0 aliphatic heterocycles. The van der Waals surface area contributed by atoms with Crippen LogP contribution >= 0.6 is 0 Å². The molecule has 5 nitrogen and oxygen atoms in total. The summed E-state index contributed by atoms with van der Waals surface area (Å²) in [5, 5.41) is 4.05. The van der Waals surface area contributed by atoms with E-state index in [1.54, 1.807) is 13.1 Å². The van der Waals surface area contributed by atoms with Crippen LogP contribution in [0, 0.1) is 6.92 Å². The van der Waals surface area contributed by atoms with E-state index in [1.165, 1.54) is 4.68 Å². The van der Waals surface area contributed by atoms with Gasteiger partial charge >= 0.3 is 0 Å². The average Bonchev–Trinajstić information content (AvgIpc) is 2.28. The van der Waals surface area contributed by atoms with Gasteiger partial charge in [-0.1, -0.05) is 6.92 Å². The van der Waals surface area contributed by atoms with Gasteiger partial charge in [-0.2, -0.15) is 5.10 Å². The molecular formula is C8H15N3O2S. The van der Waals surface area contributed by atoms with Crippen molar-refractivity contribution in [3.05, 3.63) is 11.8 Å². The highest BCUT2D eigenvalue weighted by molar-refractivity contribution is 7.92. The topological polar surface area (TPSA) is 64.0 Å². The molecule has 1 aromatic rings. The SMILES string of the molecule is CCCS(=O)(=O)Nc1cc(C)nn1C. The van der Waals surface area contributed by atoms with Gasteiger partial charge < -0.3 is 0 Å². The number of anilines is 1. The van der Waals surface area contributed by atoms with Crippen molar-refractivity contribution in [3.8, 4) is 0 Å². The number of rotatable bonds is 4. The predicted octanol–water partition coefficient (Wildman–Crippen LogP) is 0.880. The Morgan fingerprint density at radius 2 is 2.21 bits per heavy atom. The minimum atomic E-state index is -3.20. The monoisotopic (exact) mass is 217 g/mol. The minimum absolute atomic E-state index is 0.136. The molecule has 1 aromatic heterocycles. The van der Waals surface area contributed by atoms with Gasteiger partial charge in [-0.3, -0.25) is 9.40 Å². The summed E-state index contributed by atoms with van der Waals surface area (Å²) in [4.78, 5) is 0. The molecule has 14 heavy (non-hydrogen) atoms. The largest absolute Gasteiger partial charge is 0.268 e. The molecule has 0 unspecified atom stereocenters. The van der Waals surface area contributed by atoms with Crippen molar-refractivity contribution in [3.63, 3.8) is 0 Å². The minimum Gasteiger partial charge on any atom is -0.268 e. The molecule has 1 rings (SSSR count). The Bertz CT molecular complexity index is 408. The normalized spacial score (nSPS) is 11.6. The number of nitrogens with zero attached hydrogens (tertiary/aromatic N) is 2. The molecule has 0 aliphatic carbocycles. The maximum atomic E-state index is 11.4. The highest BCUT2D eigenvalue weighted by atomic mass is 32.2. The smallest absolute Gasteiger partial charge is 0.233 e. The Morgan fingerprint density at radius 3 is 2.64 bits per heavy atom. The summed E-state index contributed by atoms with van der Waals surface area (Å²) in [6.07, 6.45) is 0.603. The van der Waals surface area contributed by atoms with Gasteiger partial charge in [0.1, 0.15) is 5.82 Å². The van der Waals surface area contributed by atoms with Crippen LogP contribution in [0.25, 0.3) is 0 Å². The fourth-order valence-electron chi connectivity index (χ4n) is 1.19. The third kappa shape index (κ3) is 2.73. The molecule has 0 saturated heterocycles. The molecule has 0 atom stereocenters. The molecule has 0 saturated carbocycles. The first-order chi connectivity index (χ1) is 6.44. The fraction of sp³-hybridized carbons (Fsp3) is 0.625. The summed E-state index contributed by atoms with van der Waals surface area (Å²) in [6.45, 7) is 3.64. The summed E-state index contributed by atoms with van der Waals surface area (Å²) in [5.41, 5.74) is 0.793. The maximum absolute atomic E-state index is 11.4. The number of aromatic nitrogens is 2. The molecule has 1 heterocycles. The second-order valence-corrected chi connectivity index (χ2v) is 5.06. The first-order valence-corrected chi connectivity index (χ1v) is 6.11. The van der Waals surface area contributed by atoms with E-state index >= 15 is 0 Å². The van der Waals surface area contributed by atoms with Crippen LogP contribution in [0.15, 0.2) is 6.07 Å². The van der Waals surface area contributed by atoms with Crippen molar-refractivity contribution in [1.82, 2.24) is 9.78 Å². The standard InChI is InChI=1S/C8H15N3O2S/c1-4-5-14(12,13)10-8-6-7(2)9-11(8)3/h6,10H,4-5H2,1-3H3. The van der Waals surface area contributed by atoms with Crippen LogP contribution < -0.4 is 4.72 Å². The zero-order valence-electron chi connectivity index (χ0n) is 8.61. The van der Waals surface area contributed by atoms with E-state index in [0.29, 0.717) is 12.2 Å². The maximum Gasteiger partial charge on any atom is 0.233 e. The average molecular weight is 217 g/mol. The van der Waals surface area contributed by atoms with E-state index in [4.69, 9.17) is 0 Å². The molecule has 0 fully saturated rings. The molecule has 0 amide bonds. The summed E-state index contributed by atoms with van der Waals surface area (Å²) in [6, 6.07) is 1.70. The lowest BCUT2D eigenvalue weighted by Gasteiger charge is -2.05. The molecule has 0 spiro atoms. The van der Waals surface area contributed by atoms with Crippen LogP contribution in [0.3, 0.4) is 0 Å². The highest BCUT2D eigenvalue weighted by Crippen LogP contribution is 2.10. The molecule has 1 N–H and O–H groups in total. The number of hydrogen-bond acceptors (Lipinski definition) is 3. The van der Waals surface area contributed by atoms with Crippen LogP contribution in [0.2, 0.25) is 0 Å². The van der Waals surface area contributed by atoms with Crippen LogP contribution in [0.1, 0.15) is 19.0 Å². The van der Waals surface area contributed by atoms with E-state index < -0.39 is 10.0 Å². The van der Waals surface area contributed by atoms with E-state index in [-0.39, 0.29) is 5.75 Å². The molecular weight excluding hydrogens is 202 g/mol. The Labute approximate surface area is 84.2 Å². The van der Waals surface area contributed by atoms with E-state index in [2.05, 4.69) is 9.82 Å². The van der Waals surface area contributed by atoms with Crippen molar-refractivity contribution in [2.75, 3.05) is 10.5 Å². The zero-order valence-corrected chi connectivity index (χ0v) is 9.43. The fourth-order valence-corrected chi connectivity index (χ4v) is 2.33. The summed E-state index contributed by atoms with van der Waals surface area (Å²) in [5.74, 6) is 0.646. The van der Waals surface area contributed by atoms with Crippen molar-refractivity contribution in [2.24, 2.45) is 7.05 Å². The third-order valence-corrected chi connectivity index (χ3v) is 3.20. The quantitative estimate of drug-likeness (QED) is 0.814. The van der Waals surface area contributed by atoms with Crippen LogP contribution in [0.4, 0.5) is 5.82 Å². The van der Waals surface area contributed by atoms with Crippen LogP contribution in [-0.4, -0.2) is 24.0 Å². The predicted molar refractivity (Wildman–Crippen MR) is 55.6 cm³/mol. The van der Waals surface area contributed by atoms with E-state index in [0.717, 1.165) is 5.69 Å². The Morgan fingerprint density at radius 1 is 1.57 bits per heavy atom. The van der Waals surface area contributed by atoms with Gasteiger partial charge in [0.2, 0.25) is 10.0 Å². The Hall–Kier alpha value is -1.04. The summed E-state index contributed by atoms with van der Waals surface area (Å²) >= 11 is 0. The molecule has 0 radical (unpaired) electrons. The Balaban J connectivity index is 2.83. The molecule has 0 aliphatic rings. The van der Waals surface area contributed by atoms with Gasteiger partial charge in [0.15, 0.2) is 0 Å². The van der Waals surface area contributed by atoms with Gasteiger partial charge in [-0.05, 0) is 13.3 Å². The summed E-state index contributed by atoms with van der Waals surface area (Å²) < 4.78 is 26.8. The van der Waals surface area contributed by atoms with Crippen molar-refractivity contribution >= 4 is 15.8 Å². The first kappa shape index (κ1) is 11.0. The van der Waals surface area contributed by atoms with Crippen LogP contribution in [0.5, 0.6) is 0 Å².